The zero-order valence-electron chi connectivity index (χ0n) is 23.8. The first-order valence-electron chi connectivity index (χ1n) is 13.1. The van der Waals surface area contributed by atoms with Gasteiger partial charge >= 0.3 is 24.1 Å². The fourth-order valence-electron chi connectivity index (χ4n) is 3.81. The number of carboxylic acid groups (broad SMARTS) is 2. The summed E-state index contributed by atoms with van der Waals surface area (Å²) in [4.78, 5) is 49.4. The summed E-state index contributed by atoms with van der Waals surface area (Å²) >= 11 is 0. The topological polar surface area (TPSA) is 151 Å². The van der Waals surface area contributed by atoms with Gasteiger partial charge in [-0.1, -0.05) is 58.0 Å². The summed E-state index contributed by atoms with van der Waals surface area (Å²) in [5.41, 5.74) is -1.43. The highest BCUT2D eigenvalue weighted by Gasteiger charge is 2.28. The van der Waals surface area contributed by atoms with Crippen LogP contribution in [0.2, 0.25) is 0 Å². The van der Waals surface area contributed by atoms with E-state index in [0.717, 1.165) is 9.81 Å². The highest BCUT2D eigenvalue weighted by atomic mass is 33.1. The molecule has 0 saturated carbocycles. The average molecular weight is 597 g/mol. The Balaban J connectivity index is 1.79. The van der Waals surface area contributed by atoms with Crippen LogP contribution in [0, 0.1) is 11.8 Å². The summed E-state index contributed by atoms with van der Waals surface area (Å²) in [6.45, 7) is 10.3. The molecule has 2 aliphatic rings. The van der Waals surface area contributed by atoms with Crippen LogP contribution in [0.5, 0.6) is 0 Å². The van der Waals surface area contributed by atoms with Crippen LogP contribution in [0.15, 0.2) is 46.3 Å². The molecule has 4 unspecified atom stereocenters. The molecule has 40 heavy (non-hydrogen) atoms. The van der Waals surface area contributed by atoms with Crippen LogP contribution in [-0.2, 0) is 19.1 Å². The van der Waals surface area contributed by atoms with Crippen molar-refractivity contribution in [1.29, 1.82) is 0 Å². The Morgan fingerprint density at radius 2 is 1.12 bits per heavy atom. The maximum atomic E-state index is 12.0. The molecule has 0 bridgehead atoms. The molecule has 4 atom stereocenters. The lowest BCUT2D eigenvalue weighted by Gasteiger charge is -2.24. The van der Waals surface area contributed by atoms with Crippen LogP contribution in [-0.4, -0.2) is 57.6 Å². The molecule has 0 spiro atoms. The van der Waals surface area contributed by atoms with E-state index in [0.29, 0.717) is 12.8 Å². The molecular formula is C28H40N2O8S2. The molecular weight excluding hydrogens is 556 g/mol. The second kappa shape index (κ2) is 14.7. The van der Waals surface area contributed by atoms with Gasteiger partial charge in [-0.3, -0.25) is 0 Å². The van der Waals surface area contributed by atoms with Gasteiger partial charge in [0, 0.05) is 9.81 Å². The predicted octanol–water partition coefficient (Wildman–Crippen LogP) is 6.02. The van der Waals surface area contributed by atoms with Crippen molar-refractivity contribution in [3.05, 3.63) is 46.3 Å². The Kier molecular flexibility index (Phi) is 12.2. The minimum Gasteiger partial charge on any atom is -0.480 e. The van der Waals surface area contributed by atoms with Crippen molar-refractivity contribution in [3.63, 3.8) is 0 Å². The maximum Gasteiger partial charge on any atom is 0.408 e. The minimum absolute atomic E-state index is 0.0311. The fourth-order valence-corrected chi connectivity index (χ4v) is 5.92. The second-order valence-electron chi connectivity index (χ2n) is 11.6. The molecule has 0 fully saturated rings. The van der Waals surface area contributed by atoms with Crippen molar-refractivity contribution >= 4 is 45.7 Å². The van der Waals surface area contributed by atoms with Crippen LogP contribution in [0.4, 0.5) is 9.59 Å². The molecule has 2 amide bonds. The van der Waals surface area contributed by atoms with E-state index < -0.39 is 47.4 Å². The van der Waals surface area contributed by atoms with Gasteiger partial charge in [-0.05, 0) is 79.1 Å². The van der Waals surface area contributed by atoms with Crippen LogP contribution in [0.1, 0.15) is 67.2 Å². The lowest BCUT2D eigenvalue weighted by Crippen LogP contribution is -2.44. The molecule has 0 aromatic heterocycles. The number of rotatable bonds is 11. The molecule has 0 aromatic carbocycles. The lowest BCUT2D eigenvalue weighted by molar-refractivity contribution is -0.140. The maximum absolute atomic E-state index is 12.0. The Labute approximate surface area is 243 Å². The lowest BCUT2D eigenvalue weighted by atomic mass is 9.93. The van der Waals surface area contributed by atoms with Gasteiger partial charge < -0.3 is 30.3 Å². The zero-order valence-corrected chi connectivity index (χ0v) is 25.4. The quantitative estimate of drug-likeness (QED) is 0.208. The molecule has 0 radical (unpaired) electrons. The van der Waals surface area contributed by atoms with E-state index >= 15 is 0 Å². The third-order valence-electron chi connectivity index (χ3n) is 5.60. The van der Waals surface area contributed by atoms with Crippen molar-refractivity contribution in [2.45, 2.75) is 90.5 Å². The standard InChI is InChI=1S/C28H40N2O8S2/c1-27(2,3)37-25(35)29-21(23(31)32)15-17-7-11-19(12-8-17)39-40-20-13-9-18(10-14-20)16-22(24(33)34)30-26(36)38-28(4,5)6/h7,9,11-14,17-18,21-22H,8,10,15-16H2,1-6H3,(H,29,35)(H,30,36)(H,31,32)(H,33,34). The molecule has 0 heterocycles. The van der Waals surface area contributed by atoms with Crippen molar-refractivity contribution in [3.8, 4) is 0 Å². The summed E-state index contributed by atoms with van der Waals surface area (Å²) < 4.78 is 10.3. The van der Waals surface area contributed by atoms with Gasteiger partial charge in [0.25, 0.3) is 0 Å². The summed E-state index contributed by atoms with van der Waals surface area (Å²) in [5, 5.41) is 23.9. The van der Waals surface area contributed by atoms with Crippen LogP contribution in [0.3, 0.4) is 0 Å². The SMILES string of the molecule is CC(C)(C)OC(=O)NC(CC1C=CC(SSC2=CCC(CC(NC(=O)OC(C)(C)C)C(=O)O)C=C2)=CC1)C(=O)O. The first-order valence-corrected chi connectivity index (χ1v) is 15.2. The van der Waals surface area contributed by atoms with Gasteiger partial charge in [0.15, 0.2) is 0 Å². The number of allylic oxidation sites excluding steroid dienone is 6. The second-order valence-corrected chi connectivity index (χ2v) is 13.9. The first-order chi connectivity index (χ1) is 18.5. The number of carbonyl (C=O) groups is 4. The molecule has 4 N–H and O–H groups in total. The molecule has 2 aliphatic carbocycles. The molecule has 0 saturated heterocycles. The molecule has 2 rings (SSSR count). The van der Waals surface area contributed by atoms with Crippen molar-refractivity contribution < 1.29 is 38.9 Å². The highest BCUT2D eigenvalue weighted by molar-refractivity contribution is 8.79. The molecule has 0 aliphatic heterocycles. The number of nitrogens with one attached hydrogen (secondary N) is 2. The number of hydrogen-bond donors (Lipinski definition) is 4. The third-order valence-corrected chi connectivity index (χ3v) is 8.08. The molecule has 10 nitrogen and oxygen atoms in total. The van der Waals surface area contributed by atoms with Gasteiger partial charge in [0.2, 0.25) is 0 Å². The number of hydrogen-bond acceptors (Lipinski definition) is 8. The average Bonchev–Trinajstić information content (AvgIpc) is 2.81. The molecule has 12 heteroatoms. The largest absolute Gasteiger partial charge is 0.480 e. The first kappa shape index (κ1) is 33.3. The normalized spacial score (nSPS) is 20.4. The van der Waals surface area contributed by atoms with Crippen LogP contribution in [0.25, 0.3) is 0 Å². The van der Waals surface area contributed by atoms with E-state index in [1.54, 1.807) is 63.1 Å². The Morgan fingerprint density at radius 3 is 1.38 bits per heavy atom. The Bertz CT molecular complexity index is 985. The van der Waals surface area contributed by atoms with Crippen LogP contribution >= 0.6 is 21.6 Å². The number of ether oxygens (including phenoxy) is 2. The van der Waals surface area contributed by atoms with E-state index in [1.165, 1.54) is 0 Å². The van der Waals surface area contributed by atoms with E-state index in [1.807, 2.05) is 36.5 Å². The van der Waals surface area contributed by atoms with Gasteiger partial charge in [-0.25, -0.2) is 19.2 Å². The van der Waals surface area contributed by atoms with Gasteiger partial charge in [-0.2, -0.15) is 0 Å². The van der Waals surface area contributed by atoms with Crippen LogP contribution < -0.4 is 10.6 Å². The number of alkyl carbamates (subject to hydrolysis) is 2. The number of aliphatic carboxylic acids is 2. The summed E-state index contributed by atoms with van der Waals surface area (Å²) in [6, 6.07) is -2.10. The Morgan fingerprint density at radius 1 is 0.775 bits per heavy atom. The van der Waals surface area contributed by atoms with Crippen molar-refractivity contribution in [2.24, 2.45) is 11.8 Å². The minimum atomic E-state index is -1.11. The fraction of sp³-hybridized carbons (Fsp3) is 0.571. The highest BCUT2D eigenvalue weighted by Crippen LogP contribution is 2.41. The van der Waals surface area contributed by atoms with Crippen molar-refractivity contribution in [2.75, 3.05) is 0 Å². The van der Waals surface area contributed by atoms with E-state index in [4.69, 9.17) is 9.47 Å². The zero-order chi connectivity index (χ0) is 30.1. The van der Waals surface area contributed by atoms with E-state index in [2.05, 4.69) is 10.6 Å². The summed E-state index contributed by atoms with van der Waals surface area (Å²) in [6.07, 6.45) is 12.2. The van der Waals surface area contributed by atoms with Crippen molar-refractivity contribution in [1.82, 2.24) is 10.6 Å². The summed E-state index contributed by atoms with van der Waals surface area (Å²) in [7, 11) is 3.16. The Hall–Kier alpha value is -2.86. The number of carboxylic acids is 2. The van der Waals surface area contributed by atoms with E-state index in [9.17, 15) is 29.4 Å². The molecule has 0 aromatic rings. The summed E-state index contributed by atoms with van der Waals surface area (Å²) in [5.74, 6) is -2.28. The van der Waals surface area contributed by atoms with Gasteiger partial charge in [0.1, 0.15) is 23.3 Å². The van der Waals surface area contributed by atoms with Gasteiger partial charge in [0.05, 0.1) is 0 Å². The molecule has 222 valence electrons. The number of carbonyl (C=O) groups excluding carboxylic acids is 2. The smallest absolute Gasteiger partial charge is 0.408 e. The van der Waals surface area contributed by atoms with E-state index in [-0.39, 0.29) is 24.7 Å². The monoisotopic (exact) mass is 596 g/mol. The van der Waals surface area contributed by atoms with Gasteiger partial charge in [-0.15, -0.1) is 0 Å². The third kappa shape index (κ3) is 13.0. The number of amides is 2. The predicted molar refractivity (Wildman–Crippen MR) is 157 cm³/mol.